The minimum atomic E-state index is 0.338. The van der Waals surface area contributed by atoms with E-state index in [9.17, 15) is 0 Å². The summed E-state index contributed by atoms with van der Waals surface area (Å²) in [7, 11) is 0. The quantitative estimate of drug-likeness (QED) is 0.309. The van der Waals surface area contributed by atoms with Crippen LogP contribution in [0, 0.1) is 0 Å². The van der Waals surface area contributed by atoms with Crippen LogP contribution in [0.3, 0.4) is 0 Å². The van der Waals surface area contributed by atoms with Crippen LogP contribution in [0.1, 0.15) is 0 Å². The van der Waals surface area contributed by atoms with Crippen molar-refractivity contribution in [3.63, 3.8) is 0 Å². The molecule has 1 N–H and O–H groups in total. The van der Waals surface area contributed by atoms with Crippen LogP contribution in [-0.4, -0.2) is 15.0 Å². The third-order valence-corrected chi connectivity index (χ3v) is 5.97. The molecule has 0 unspecified atom stereocenters. The summed E-state index contributed by atoms with van der Waals surface area (Å²) in [5.41, 5.74) is 5.45. The van der Waals surface area contributed by atoms with Crippen LogP contribution in [0.2, 0.25) is 10.2 Å². The summed E-state index contributed by atoms with van der Waals surface area (Å²) in [6, 6.07) is 23.3. The van der Waals surface area contributed by atoms with Crippen LogP contribution in [-0.2, 0) is 0 Å². The van der Waals surface area contributed by atoms with Gasteiger partial charge in [-0.15, -0.1) is 11.3 Å². The smallest absolute Gasteiger partial charge is 0.172 e. The SMILES string of the molecule is Clc1ccc(-c2nc(-c3ccc(Nc4nc5ccccc5nc4Cl)cc3)cs2)cc1. The molecule has 0 bridgehead atoms. The van der Waals surface area contributed by atoms with Gasteiger partial charge in [0.2, 0.25) is 0 Å². The highest BCUT2D eigenvalue weighted by Gasteiger charge is 2.09. The van der Waals surface area contributed by atoms with Gasteiger partial charge in [-0.2, -0.15) is 0 Å². The lowest BCUT2D eigenvalue weighted by Gasteiger charge is -2.09. The fourth-order valence-electron chi connectivity index (χ4n) is 3.05. The molecule has 0 fully saturated rings. The van der Waals surface area contributed by atoms with Gasteiger partial charge < -0.3 is 5.32 Å². The molecule has 0 saturated heterocycles. The fourth-order valence-corrected chi connectivity index (χ4v) is 4.19. The number of thiazole rings is 1. The van der Waals surface area contributed by atoms with E-state index in [2.05, 4.69) is 20.7 Å². The lowest BCUT2D eigenvalue weighted by Crippen LogP contribution is -1.97. The van der Waals surface area contributed by atoms with E-state index in [1.54, 1.807) is 11.3 Å². The number of nitrogens with one attached hydrogen (secondary N) is 1. The molecule has 0 spiro atoms. The number of fused-ring (bicyclic) bond motifs is 1. The first-order valence-corrected chi connectivity index (χ1v) is 10.8. The lowest BCUT2D eigenvalue weighted by molar-refractivity contribution is 1.28. The van der Waals surface area contributed by atoms with Crippen molar-refractivity contribution in [2.75, 3.05) is 5.32 Å². The number of benzene rings is 3. The van der Waals surface area contributed by atoms with Crippen LogP contribution in [0.15, 0.2) is 78.2 Å². The molecule has 0 atom stereocenters. The van der Waals surface area contributed by atoms with Crippen molar-refractivity contribution < 1.29 is 0 Å². The average molecular weight is 449 g/mol. The summed E-state index contributed by atoms with van der Waals surface area (Å²) in [4.78, 5) is 13.7. The normalized spacial score (nSPS) is 11.0. The van der Waals surface area contributed by atoms with Crippen LogP contribution in [0.4, 0.5) is 11.5 Å². The molecule has 0 radical (unpaired) electrons. The molecule has 3 aromatic carbocycles. The van der Waals surface area contributed by atoms with Crippen LogP contribution < -0.4 is 5.32 Å². The zero-order chi connectivity index (χ0) is 20.5. The summed E-state index contributed by atoms with van der Waals surface area (Å²) in [6.07, 6.45) is 0. The predicted octanol–water partition coefficient (Wildman–Crippen LogP) is 7.47. The first-order chi connectivity index (χ1) is 14.7. The average Bonchev–Trinajstić information content (AvgIpc) is 3.25. The Morgan fingerprint density at radius 3 is 2.10 bits per heavy atom. The minimum Gasteiger partial charge on any atom is -0.338 e. The lowest BCUT2D eigenvalue weighted by atomic mass is 10.1. The van der Waals surface area contributed by atoms with Gasteiger partial charge in [-0.25, -0.2) is 15.0 Å². The molecule has 30 heavy (non-hydrogen) atoms. The second-order valence-corrected chi connectivity index (χ2v) is 8.25. The van der Waals surface area contributed by atoms with Gasteiger partial charge in [-0.3, -0.25) is 0 Å². The largest absolute Gasteiger partial charge is 0.338 e. The number of nitrogens with zero attached hydrogens (tertiary/aromatic N) is 3. The summed E-state index contributed by atoms with van der Waals surface area (Å²) < 4.78 is 0. The molecule has 0 saturated carbocycles. The Labute approximate surface area is 187 Å². The van der Waals surface area contributed by atoms with Gasteiger partial charge in [0.05, 0.1) is 16.7 Å². The minimum absolute atomic E-state index is 0.338. The molecular formula is C23H14Cl2N4S. The standard InChI is InChI=1S/C23H14Cl2N4S/c24-16-9-5-15(6-10-16)23-29-20(13-30-23)14-7-11-17(12-8-14)26-22-21(25)27-18-3-1-2-4-19(18)28-22/h1-13H,(H,26,28). The molecular weight excluding hydrogens is 435 g/mol. The second kappa shape index (κ2) is 8.03. The first-order valence-electron chi connectivity index (χ1n) is 9.17. The molecule has 2 aromatic heterocycles. The molecule has 5 rings (SSSR count). The summed E-state index contributed by atoms with van der Waals surface area (Å²) >= 11 is 13.9. The van der Waals surface area contributed by atoms with Crippen molar-refractivity contribution >= 4 is 57.1 Å². The maximum absolute atomic E-state index is 6.30. The van der Waals surface area contributed by atoms with E-state index in [4.69, 9.17) is 28.2 Å². The molecule has 0 amide bonds. The number of para-hydroxylation sites is 2. The molecule has 146 valence electrons. The maximum atomic E-state index is 6.30. The number of hydrogen-bond donors (Lipinski definition) is 1. The highest BCUT2D eigenvalue weighted by Crippen LogP contribution is 2.31. The highest BCUT2D eigenvalue weighted by atomic mass is 35.5. The van der Waals surface area contributed by atoms with Gasteiger partial charge in [0.1, 0.15) is 5.01 Å². The Morgan fingerprint density at radius 1 is 0.700 bits per heavy atom. The summed E-state index contributed by atoms with van der Waals surface area (Å²) in [6.45, 7) is 0. The Bertz CT molecular complexity index is 1330. The third kappa shape index (κ3) is 3.87. The van der Waals surface area contributed by atoms with E-state index in [-0.39, 0.29) is 0 Å². The van der Waals surface area contributed by atoms with Crippen molar-refractivity contribution in [1.82, 2.24) is 15.0 Å². The Balaban J connectivity index is 1.37. The molecule has 5 aromatic rings. The van der Waals surface area contributed by atoms with Gasteiger partial charge in [0.15, 0.2) is 11.0 Å². The molecule has 0 aliphatic heterocycles. The molecule has 2 heterocycles. The van der Waals surface area contributed by atoms with Crippen LogP contribution in [0.25, 0.3) is 32.9 Å². The molecule has 0 aliphatic carbocycles. The molecule has 0 aliphatic rings. The van der Waals surface area contributed by atoms with Crippen molar-refractivity contribution in [3.8, 4) is 21.8 Å². The van der Waals surface area contributed by atoms with E-state index in [1.807, 2.05) is 72.8 Å². The number of anilines is 2. The van der Waals surface area contributed by atoms with Gasteiger partial charge in [-0.05, 0) is 36.4 Å². The Kier molecular flexibility index (Phi) is 5.09. The van der Waals surface area contributed by atoms with Crippen LogP contribution in [0.5, 0.6) is 0 Å². The van der Waals surface area contributed by atoms with Crippen molar-refractivity contribution in [3.05, 3.63) is 88.4 Å². The third-order valence-electron chi connectivity index (χ3n) is 4.57. The highest BCUT2D eigenvalue weighted by molar-refractivity contribution is 7.13. The Hall–Kier alpha value is -2.99. The van der Waals surface area contributed by atoms with E-state index >= 15 is 0 Å². The number of halogens is 2. The molecule has 4 nitrogen and oxygen atoms in total. The van der Waals surface area contributed by atoms with Gasteiger partial charge in [0.25, 0.3) is 0 Å². The number of hydrogen-bond acceptors (Lipinski definition) is 5. The zero-order valence-electron chi connectivity index (χ0n) is 15.5. The maximum Gasteiger partial charge on any atom is 0.172 e. The monoisotopic (exact) mass is 448 g/mol. The van der Waals surface area contributed by atoms with Gasteiger partial charge in [0, 0.05) is 27.2 Å². The molecule has 7 heteroatoms. The summed E-state index contributed by atoms with van der Waals surface area (Å²) in [5, 5.41) is 7.31. The van der Waals surface area contributed by atoms with Gasteiger partial charge in [-0.1, -0.05) is 59.6 Å². The van der Waals surface area contributed by atoms with E-state index in [1.165, 1.54) is 0 Å². The van der Waals surface area contributed by atoms with E-state index in [0.29, 0.717) is 11.0 Å². The first kappa shape index (κ1) is 19.0. The van der Waals surface area contributed by atoms with E-state index in [0.717, 1.165) is 43.6 Å². The van der Waals surface area contributed by atoms with Crippen molar-refractivity contribution in [2.24, 2.45) is 0 Å². The zero-order valence-corrected chi connectivity index (χ0v) is 17.8. The number of aromatic nitrogens is 3. The number of rotatable bonds is 4. The predicted molar refractivity (Wildman–Crippen MR) is 126 cm³/mol. The van der Waals surface area contributed by atoms with Gasteiger partial charge >= 0.3 is 0 Å². The van der Waals surface area contributed by atoms with Crippen LogP contribution >= 0.6 is 34.5 Å². The fraction of sp³-hybridized carbons (Fsp3) is 0. The van der Waals surface area contributed by atoms with Crippen molar-refractivity contribution in [2.45, 2.75) is 0 Å². The van der Waals surface area contributed by atoms with E-state index < -0.39 is 0 Å². The summed E-state index contributed by atoms with van der Waals surface area (Å²) in [5.74, 6) is 0.529. The topological polar surface area (TPSA) is 50.7 Å². The Morgan fingerprint density at radius 2 is 1.37 bits per heavy atom. The van der Waals surface area contributed by atoms with Crippen molar-refractivity contribution in [1.29, 1.82) is 0 Å². The second-order valence-electron chi connectivity index (χ2n) is 6.60.